The molecule has 0 radical (unpaired) electrons. The summed E-state index contributed by atoms with van der Waals surface area (Å²) in [6, 6.07) is 18.5. The van der Waals surface area contributed by atoms with Gasteiger partial charge in [0.2, 0.25) is 0 Å². The number of ether oxygens (including phenoxy) is 1. The van der Waals surface area contributed by atoms with Crippen molar-refractivity contribution in [1.82, 2.24) is 0 Å². The lowest BCUT2D eigenvalue weighted by molar-refractivity contribution is -0.902. The number of nitrogens with one attached hydrogen (secondary N) is 1. The normalized spacial score (nSPS) is 10.4. The fraction of sp³-hybridized carbons (Fsp3) is 0.200. The molecule has 0 fully saturated rings. The topological polar surface area (TPSA) is 13.7 Å². The van der Waals surface area contributed by atoms with Gasteiger partial charge in [-0.05, 0) is 29.8 Å². The Kier molecular flexibility index (Phi) is 6.46. The fourth-order valence-electron chi connectivity index (χ4n) is 2.41. The Labute approximate surface area is 133 Å². The van der Waals surface area contributed by atoms with Crippen LogP contribution in [0.4, 0.5) is 0 Å². The third kappa shape index (κ3) is 5.23. The maximum Gasteiger partial charge on any atom is 0.120 e. The van der Waals surface area contributed by atoms with Crippen LogP contribution in [0.5, 0.6) is 5.75 Å². The molecule has 0 heterocycles. The highest BCUT2D eigenvalue weighted by molar-refractivity contribution is 5.28. The first kappa shape index (κ1) is 16.1. The molecule has 2 heteroatoms. The van der Waals surface area contributed by atoms with E-state index in [0.717, 1.165) is 25.4 Å². The molecule has 2 rings (SSSR count). The number of rotatable bonds is 9. The highest BCUT2D eigenvalue weighted by Gasteiger charge is 2.06. The minimum absolute atomic E-state index is 0.597. The predicted octanol–water partition coefficient (Wildman–Crippen LogP) is 3.02. The van der Waals surface area contributed by atoms with Gasteiger partial charge < -0.3 is 9.64 Å². The summed E-state index contributed by atoms with van der Waals surface area (Å²) < 4.78 is 5.88. The highest BCUT2D eigenvalue weighted by atomic mass is 16.5. The second kappa shape index (κ2) is 8.85. The largest absolute Gasteiger partial charge is 0.489 e. The fourth-order valence-corrected chi connectivity index (χ4v) is 2.41. The Bertz CT molecular complexity index is 582. The van der Waals surface area contributed by atoms with Crippen molar-refractivity contribution in [3.8, 4) is 5.75 Å². The third-order valence-electron chi connectivity index (χ3n) is 3.47. The van der Waals surface area contributed by atoms with Crippen LogP contribution < -0.4 is 9.64 Å². The summed E-state index contributed by atoms with van der Waals surface area (Å²) in [4.78, 5) is 1.42. The molecule has 1 N–H and O–H groups in total. The van der Waals surface area contributed by atoms with Gasteiger partial charge in [0.15, 0.2) is 0 Å². The third-order valence-corrected chi connectivity index (χ3v) is 3.47. The Morgan fingerprint density at radius 2 is 1.55 bits per heavy atom. The molecule has 0 aromatic heterocycles. The number of benzene rings is 2. The van der Waals surface area contributed by atoms with Gasteiger partial charge in [-0.2, -0.15) is 0 Å². The summed E-state index contributed by atoms with van der Waals surface area (Å²) in [6.45, 7) is 11.1. The molecule has 0 bridgehead atoms. The van der Waals surface area contributed by atoms with Crippen molar-refractivity contribution in [2.24, 2.45) is 0 Å². The van der Waals surface area contributed by atoms with Crippen LogP contribution >= 0.6 is 0 Å². The Hall–Kier alpha value is -2.32. The zero-order chi connectivity index (χ0) is 15.6. The first-order valence-corrected chi connectivity index (χ1v) is 7.63. The standard InChI is InChI=1S/C20H23NO/c1-3-13-21(14-4-2)16-19-11-8-12-20(15-19)22-17-18-9-6-5-7-10-18/h3-12,15H,1-2,13-14,16-17H2/p+1. The van der Waals surface area contributed by atoms with Crippen molar-refractivity contribution in [2.45, 2.75) is 13.2 Å². The van der Waals surface area contributed by atoms with E-state index in [1.165, 1.54) is 16.0 Å². The van der Waals surface area contributed by atoms with E-state index in [-0.39, 0.29) is 0 Å². The number of hydrogen-bond donors (Lipinski definition) is 1. The van der Waals surface area contributed by atoms with Crippen LogP contribution in [0.15, 0.2) is 79.9 Å². The van der Waals surface area contributed by atoms with Gasteiger partial charge in [-0.3, -0.25) is 0 Å². The SMILES string of the molecule is C=CC[NH+](CC=C)Cc1cccc(OCc2ccccc2)c1. The van der Waals surface area contributed by atoms with Gasteiger partial charge >= 0.3 is 0 Å². The van der Waals surface area contributed by atoms with E-state index in [2.05, 4.69) is 43.5 Å². The van der Waals surface area contributed by atoms with Crippen molar-refractivity contribution in [3.05, 3.63) is 91.0 Å². The van der Waals surface area contributed by atoms with E-state index in [9.17, 15) is 0 Å². The van der Waals surface area contributed by atoms with E-state index in [4.69, 9.17) is 4.74 Å². The molecule has 0 unspecified atom stereocenters. The molecule has 0 aliphatic rings. The second-order valence-electron chi connectivity index (χ2n) is 5.33. The van der Waals surface area contributed by atoms with Crippen LogP contribution in [0.3, 0.4) is 0 Å². The molecule has 0 aliphatic carbocycles. The highest BCUT2D eigenvalue weighted by Crippen LogP contribution is 2.14. The Morgan fingerprint density at radius 3 is 2.23 bits per heavy atom. The van der Waals surface area contributed by atoms with Gasteiger partial charge in [-0.25, -0.2) is 0 Å². The molecule has 22 heavy (non-hydrogen) atoms. The molecule has 0 atom stereocenters. The molecule has 2 nitrogen and oxygen atoms in total. The monoisotopic (exact) mass is 294 g/mol. The van der Waals surface area contributed by atoms with E-state index < -0.39 is 0 Å². The summed E-state index contributed by atoms with van der Waals surface area (Å²) in [5, 5.41) is 0. The molecular formula is C20H24NO+. The van der Waals surface area contributed by atoms with Gasteiger partial charge in [0.05, 0.1) is 13.1 Å². The van der Waals surface area contributed by atoms with E-state index in [1.54, 1.807) is 0 Å². The lowest BCUT2D eigenvalue weighted by Crippen LogP contribution is -3.10. The first-order valence-electron chi connectivity index (χ1n) is 7.63. The molecule has 0 amide bonds. The van der Waals surface area contributed by atoms with Crippen molar-refractivity contribution in [3.63, 3.8) is 0 Å². The molecule has 2 aromatic carbocycles. The lowest BCUT2D eigenvalue weighted by Gasteiger charge is -2.16. The molecule has 0 saturated heterocycles. The van der Waals surface area contributed by atoms with Crippen molar-refractivity contribution < 1.29 is 9.64 Å². The average Bonchev–Trinajstić information content (AvgIpc) is 2.55. The van der Waals surface area contributed by atoms with Gasteiger partial charge in [-0.15, -0.1) is 0 Å². The minimum Gasteiger partial charge on any atom is -0.489 e. The smallest absolute Gasteiger partial charge is 0.120 e. The Morgan fingerprint density at radius 1 is 0.864 bits per heavy atom. The van der Waals surface area contributed by atoms with Crippen molar-refractivity contribution in [1.29, 1.82) is 0 Å². The first-order chi connectivity index (χ1) is 10.8. The lowest BCUT2D eigenvalue weighted by atomic mass is 10.2. The van der Waals surface area contributed by atoms with E-state index >= 15 is 0 Å². The summed E-state index contributed by atoms with van der Waals surface area (Å²) in [6.07, 6.45) is 3.91. The van der Waals surface area contributed by atoms with Crippen molar-refractivity contribution in [2.75, 3.05) is 13.1 Å². The molecule has 2 aromatic rings. The Balaban J connectivity index is 1.96. The molecule has 0 aliphatic heterocycles. The van der Waals surface area contributed by atoms with E-state index in [1.807, 2.05) is 36.4 Å². The zero-order valence-electron chi connectivity index (χ0n) is 13.0. The maximum atomic E-state index is 5.88. The van der Waals surface area contributed by atoms with Crippen LogP contribution in [-0.4, -0.2) is 13.1 Å². The maximum absolute atomic E-state index is 5.88. The summed E-state index contributed by atoms with van der Waals surface area (Å²) >= 11 is 0. The zero-order valence-corrected chi connectivity index (χ0v) is 13.0. The number of quaternary nitrogens is 1. The molecule has 114 valence electrons. The molecule has 0 saturated carbocycles. The minimum atomic E-state index is 0.597. The van der Waals surface area contributed by atoms with Gasteiger partial charge in [0.1, 0.15) is 18.9 Å². The van der Waals surface area contributed by atoms with Crippen LogP contribution in [0.25, 0.3) is 0 Å². The van der Waals surface area contributed by atoms with Crippen LogP contribution in [0.1, 0.15) is 11.1 Å². The van der Waals surface area contributed by atoms with Gasteiger partial charge in [-0.1, -0.05) is 55.6 Å². The van der Waals surface area contributed by atoms with Gasteiger partial charge in [0, 0.05) is 5.56 Å². The van der Waals surface area contributed by atoms with Crippen LogP contribution in [0.2, 0.25) is 0 Å². The molecule has 0 spiro atoms. The predicted molar refractivity (Wildman–Crippen MR) is 92.0 cm³/mol. The van der Waals surface area contributed by atoms with Crippen LogP contribution in [-0.2, 0) is 13.2 Å². The summed E-state index contributed by atoms with van der Waals surface area (Å²) in [7, 11) is 0. The second-order valence-corrected chi connectivity index (χ2v) is 5.33. The average molecular weight is 294 g/mol. The quantitative estimate of drug-likeness (QED) is 0.702. The van der Waals surface area contributed by atoms with E-state index in [0.29, 0.717) is 6.61 Å². The van der Waals surface area contributed by atoms with Crippen molar-refractivity contribution >= 4 is 0 Å². The number of hydrogen-bond acceptors (Lipinski definition) is 1. The summed E-state index contributed by atoms with van der Waals surface area (Å²) in [5.74, 6) is 0.915. The summed E-state index contributed by atoms with van der Waals surface area (Å²) in [5.41, 5.74) is 2.45. The van der Waals surface area contributed by atoms with Crippen LogP contribution in [0, 0.1) is 0 Å². The van der Waals surface area contributed by atoms with Gasteiger partial charge in [0.25, 0.3) is 0 Å². The molecular weight excluding hydrogens is 270 g/mol.